The number of sulfone groups is 1. The van der Waals surface area contributed by atoms with Gasteiger partial charge >= 0.3 is 0 Å². The number of amides is 2. The second-order valence-electron chi connectivity index (χ2n) is 6.68. The molecule has 0 aromatic heterocycles. The number of likely N-dealkylation sites (N-methyl/N-ethyl adjacent to an activating group) is 1. The summed E-state index contributed by atoms with van der Waals surface area (Å²) in [5.41, 5.74) is 1.71. The van der Waals surface area contributed by atoms with Crippen molar-refractivity contribution in [1.82, 2.24) is 10.6 Å². The number of methoxy groups -OCH3 is 1. The highest BCUT2D eigenvalue weighted by molar-refractivity contribution is 7.89. The second kappa shape index (κ2) is 10.6. The maximum atomic E-state index is 12.4. The van der Waals surface area contributed by atoms with Gasteiger partial charge in [0.05, 0.1) is 12.9 Å². The Morgan fingerprint density at radius 3 is 2.43 bits per heavy atom. The van der Waals surface area contributed by atoms with Crippen molar-refractivity contribution in [2.24, 2.45) is 0 Å². The summed E-state index contributed by atoms with van der Waals surface area (Å²) < 4.78 is 33.7. The van der Waals surface area contributed by atoms with E-state index in [4.69, 9.17) is 9.47 Å². The number of hydrogen-bond donors (Lipinski definition) is 2. The Balaban J connectivity index is 2.01. The molecule has 0 aliphatic rings. The highest BCUT2D eigenvalue weighted by Crippen LogP contribution is 2.28. The van der Waals surface area contributed by atoms with Crippen molar-refractivity contribution >= 4 is 21.7 Å². The van der Waals surface area contributed by atoms with Gasteiger partial charge in [0, 0.05) is 24.9 Å². The van der Waals surface area contributed by atoms with Gasteiger partial charge in [0.1, 0.15) is 0 Å². The van der Waals surface area contributed by atoms with Crippen molar-refractivity contribution < 1.29 is 27.5 Å². The van der Waals surface area contributed by atoms with Crippen LogP contribution in [-0.2, 0) is 26.9 Å². The summed E-state index contributed by atoms with van der Waals surface area (Å²) in [4.78, 5) is 24.0. The van der Waals surface area contributed by atoms with Crippen LogP contribution in [-0.4, -0.2) is 46.7 Å². The van der Waals surface area contributed by atoms with Gasteiger partial charge in [-0.3, -0.25) is 9.59 Å². The molecule has 0 aliphatic heterocycles. The summed E-state index contributed by atoms with van der Waals surface area (Å²) in [7, 11) is -1.69. The van der Waals surface area contributed by atoms with E-state index < -0.39 is 9.84 Å². The van der Waals surface area contributed by atoms with Crippen LogP contribution < -0.4 is 20.1 Å². The highest BCUT2D eigenvalue weighted by Gasteiger charge is 2.11. The van der Waals surface area contributed by atoms with E-state index in [-0.39, 0.29) is 30.7 Å². The molecule has 2 rings (SSSR count). The van der Waals surface area contributed by atoms with E-state index in [1.165, 1.54) is 7.11 Å². The van der Waals surface area contributed by atoms with Crippen LogP contribution in [0.5, 0.6) is 11.5 Å². The van der Waals surface area contributed by atoms with Gasteiger partial charge in [-0.1, -0.05) is 18.2 Å². The number of hydrogen-bond acceptors (Lipinski definition) is 6. The smallest absolute Gasteiger partial charge is 0.257 e. The van der Waals surface area contributed by atoms with Crippen molar-refractivity contribution in [1.29, 1.82) is 0 Å². The number of carbonyl (C=O) groups excluding carboxylic acids is 2. The second-order valence-corrected chi connectivity index (χ2v) is 8.82. The van der Waals surface area contributed by atoms with Crippen molar-refractivity contribution in [3.63, 3.8) is 0 Å². The van der Waals surface area contributed by atoms with Crippen molar-refractivity contribution in [2.75, 3.05) is 26.5 Å². The van der Waals surface area contributed by atoms with Gasteiger partial charge in [-0.2, -0.15) is 0 Å². The predicted molar refractivity (Wildman–Crippen MR) is 113 cm³/mol. The van der Waals surface area contributed by atoms with Gasteiger partial charge in [0.2, 0.25) is 0 Å². The van der Waals surface area contributed by atoms with Crippen molar-refractivity contribution in [3.05, 3.63) is 59.2 Å². The fourth-order valence-electron chi connectivity index (χ4n) is 2.72. The Morgan fingerprint density at radius 1 is 1.00 bits per heavy atom. The van der Waals surface area contributed by atoms with Crippen LogP contribution in [0.15, 0.2) is 42.5 Å². The van der Waals surface area contributed by atoms with Crippen LogP contribution >= 0.6 is 0 Å². The molecule has 2 amide bonds. The first-order valence-corrected chi connectivity index (χ1v) is 11.4. The quantitative estimate of drug-likeness (QED) is 0.589. The van der Waals surface area contributed by atoms with E-state index in [1.807, 2.05) is 6.92 Å². The number of benzene rings is 2. The van der Waals surface area contributed by atoms with Crippen LogP contribution in [0.3, 0.4) is 0 Å². The molecule has 0 saturated carbocycles. The molecule has 0 atom stereocenters. The zero-order valence-corrected chi connectivity index (χ0v) is 18.0. The molecule has 0 bridgehead atoms. The molecule has 2 aromatic rings. The molecule has 2 N–H and O–H groups in total. The summed E-state index contributed by atoms with van der Waals surface area (Å²) in [6.45, 7) is 2.46. The minimum absolute atomic E-state index is 0.121. The summed E-state index contributed by atoms with van der Waals surface area (Å²) in [5.74, 6) is 0.201. The Hall–Kier alpha value is -3.07. The minimum Gasteiger partial charge on any atom is -0.493 e. The standard InChI is InChI=1S/C21H26N2O6S/c1-4-22-20(24)13-29-18-9-8-15(11-19(18)28-2)12-23-21(25)17-7-5-6-16(10-17)14-30(3,26)27/h5-11H,4,12-14H2,1-3H3,(H,22,24)(H,23,25). The zero-order chi connectivity index (χ0) is 22.1. The third-order valence-corrected chi connectivity index (χ3v) is 4.89. The average Bonchev–Trinajstić information content (AvgIpc) is 2.69. The van der Waals surface area contributed by atoms with Gasteiger partial charge in [-0.05, 0) is 42.3 Å². The van der Waals surface area contributed by atoms with Crippen LogP contribution in [0.25, 0.3) is 0 Å². The molecule has 0 spiro atoms. The van der Waals surface area contributed by atoms with E-state index in [0.717, 1.165) is 11.8 Å². The minimum atomic E-state index is -3.18. The molecular weight excluding hydrogens is 408 g/mol. The van der Waals surface area contributed by atoms with Crippen molar-refractivity contribution in [2.45, 2.75) is 19.2 Å². The number of nitrogens with one attached hydrogen (secondary N) is 2. The van der Waals surface area contributed by atoms with E-state index in [1.54, 1.807) is 42.5 Å². The monoisotopic (exact) mass is 434 g/mol. The van der Waals surface area contributed by atoms with Gasteiger partial charge in [0.25, 0.3) is 11.8 Å². The normalized spacial score (nSPS) is 10.9. The van der Waals surface area contributed by atoms with E-state index in [0.29, 0.717) is 29.2 Å². The van der Waals surface area contributed by atoms with Crippen LogP contribution in [0, 0.1) is 0 Å². The fraction of sp³-hybridized carbons (Fsp3) is 0.333. The molecule has 162 valence electrons. The molecule has 30 heavy (non-hydrogen) atoms. The third kappa shape index (κ3) is 7.40. The van der Waals surface area contributed by atoms with Crippen molar-refractivity contribution in [3.8, 4) is 11.5 Å². The lowest BCUT2D eigenvalue weighted by Gasteiger charge is -2.13. The van der Waals surface area contributed by atoms with E-state index >= 15 is 0 Å². The van der Waals surface area contributed by atoms with E-state index in [2.05, 4.69) is 10.6 Å². The predicted octanol–water partition coefficient (Wildman–Crippen LogP) is 1.68. The molecular formula is C21H26N2O6S. The first-order chi connectivity index (χ1) is 14.2. The Bertz CT molecular complexity index is 1000. The maximum absolute atomic E-state index is 12.4. The highest BCUT2D eigenvalue weighted by atomic mass is 32.2. The summed E-state index contributed by atoms with van der Waals surface area (Å²) >= 11 is 0. The van der Waals surface area contributed by atoms with Crippen LogP contribution in [0.4, 0.5) is 0 Å². The van der Waals surface area contributed by atoms with Gasteiger partial charge in [-0.15, -0.1) is 0 Å². The number of carbonyl (C=O) groups is 2. The third-order valence-electron chi connectivity index (χ3n) is 4.03. The lowest BCUT2D eigenvalue weighted by atomic mass is 10.1. The maximum Gasteiger partial charge on any atom is 0.257 e. The number of ether oxygens (including phenoxy) is 2. The summed E-state index contributed by atoms with van der Waals surface area (Å²) in [6, 6.07) is 11.7. The number of rotatable bonds is 10. The first-order valence-electron chi connectivity index (χ1n) is 9.33. The Labute approximate surface area is 176 Å². The Morgan fingerprint density at radius 2 is 1.77 bits per heavy atom. The molecule has 0 unspecified atom stereocenters. The molecule has 0 aliphatic carbocycles. The van der Waals surface area contributed by atoms with Crippen LogP contribution in [0.2, 0.25) is 0 Å². The lowest BCUT2D eigenvalue weighted by Crippen LogP contribution is -2.28. The summed E-state index contributed by atoms with van der Waals surface area (Å²) in [6.07, 6.45) is 1.15. The molecule has 0 saturated heterocycles. The first kappa shape index (κ1) is 23.2. The zero-order valence-electron chi connectivity index (χ0n) is 17.2. The van der Waals surface area contributed by atoms with Crippen LogP contribution in [0.1, 0.15) is 28.4 Å². The SMILES string of the molecule is CCNC(=O)COc1ccc(CNC(=O)c2cccc(CS(C)(=O)=O)c2)cc1OC. The summed E-state index contributed by atoms with van der Waals surface area (Å²) in [5, 5.41) is 5.44. The average molecular weight is 435 g/mol. The molecule has 0 heterocycles. The molecule has 2 aromatic carbocycles. The van der Waals surface area contributed by atoms with Gasteiger partial charge in [0.15, 0.2) is 27.9 Å². The van der Waals surface area contributed by atoms with Gasteiger partial charge in [-0.25, -0.2) is 8.42 Å². The molecule has 9 heteroatoms. The lowest BCUT2D eigenvalue weighted by molar-refractivity contribution is -0.123. The topological polar surface area (TPSA) is 111 Å². The van der Waals surface area contributed by atoms with E-state index in [9.17, 15) is 18.0 Å². The Kier molecular flexibility index (Phi) is 8.23. The van der Waals surface area contributed by atoms with Gasteiger partial charge < -0.3 is 20.1 Å². The molecule has 8 nitrogen and oxygen atoms in total. The largest absolute Gasteiger partial charge is 0.493 e. The molecule has 0 radical (unpaired) electrons. The molecule has 0 fully saturated rings. The fourth-order valence-corrected chi connectivity index (χ4v) is 3.51.